The lowest BCUT2D eigenvalue weighted by Crippen LogP contribution is -2.09. The van der Waals surface area contributed by atoms with E-state index in [4.69, 9.17) is 4.74 Å². The zero-order valence-electron chi connectivity index (χ0n) is 9.95. The number of ether oxygens (including phenoxy) is 1. The lowest BCUT2D eigenvalue weighted by molar-refractivity contribution is 0.232. The molecule has 1 heterocycles. The van der Waals surface area contributed by atoms with E-state index in [1.807, 2.05) is 20.8 Å². The van der Waals surface area contributed by atoms with Crippen LogP contribution in [0.25, 0.3) is 0 Å². The van der Waals surface area contributed by atoms with E-state index in [0.717, 1.165) is 13.0 Å². The summed E-state index contributed by atoms with van der Waals surface area (Å²) in [6.07, 6.45) is 2.59. The molecule has 0 saturated heterocycles. The van der Waals surface area contributed by atoms with Crippen molar-refractivity contribution in [2.24, 2.45) is 0 Å². The third-order valence-electron chi connectivity index (χ3n) is 1.70. The van der Waals surface area contributed by atoms with Crippen LogP contribution in [0.2, 0.25) is 0 Å². The molecule has 0 radical (unpaired) electrons. The summed E-state index contributed by atoms with van der Waals surface area (Å²) >= 11 is 0. The van der Waals surface area contributed by atoms with E-state index in [2.05, 4.69) is 27.1 Å². The molecule has 4 nitrogen and oxygen atoms in total. The molecule has 1 aromatic heterocycles. The molecule has 0 aromatic carbocycles. The van der Waals surface area contributed by atoms with Crippen LogP contribution in [0.5, 0.6) is 5.88 Å². The molecule has 4 heteroatoms. The Labute approximate surface area is 96.5 Å². The maximum absolute atomic E-state index is 5.46. The molecule has 0 saturated carbocycles. The summed E-state index contributed by atoms with van der Waals surface area (Å²) < 4.78 is 5.46. The maximum atomic E-state index is 5.46. The van der Waals surface area contributed by atoms with Gasteiger partial charge in [0.15, 0.2) is 0 Å². The highest BCUT2D eigenvalue weighted by atomic mass is 16.5. The van der Waals surface area contributed by atoms with Crippen LogP contribution in [0, 0.1) is 11.8 Å². The minimum Gasteiger partial charge on any atom is -0.475 e. The SMILES string of the molecule is CC#CCCNc1nccc(OC(C)C)n1. The molecule has 0 spiro atoms. The molecule has 0 amide bonds. The number of anilines is 1. The monoisotopic (exact) mass is 219 g/mol. The molecule has 0 unspecified atom stereocenters. The number of rotatable bonds is 5. The summed E-state index contributed by atoms with van der Waals surface area (Å²) in [7, 11) is 0. The summed E-state index contributed by atoms with van der Waals surface area (Å²) in [5, 5.41) is 3.09. The van der Waals surface area contributed by atoms with Gasteiger partial charge in [0.25, 0.3) is 0 Å². The van der Waals surface area contributed by atoms with Gasteiger partial charge in [-0.3, -0.25) is 0 Å². The van der Waals surface area contributed by atoms with Gasteiger partial charge < -0.3 is 10.1 Å². The van der Waals surface area contributed by atoms with Crippen molar-refractivity contribution < 1.29 is 4.74 Å². The molecular weight excluding hydrogens is 202 g/mol. The van der Waals surface area contributed by atoms with Crippen molar-refractivity contribution in [2.75, 3.05) is 11.9 Å². The standard InChI is InChI=1S/C12H17N3O/c1-4-5-6-8-13-12-14-9-7-11(15-12)16-10(2)3/h7,9-10H,6,8H2,1-3H3,(H,13,14,15). The normalized spacial score (nSPS) is 9.50. The summed E-state index contributed by atoms with van der Waals surface area (Å²) in [6.45, 7) is 6.50. The van der Waals surface area contributed by atoms with Crippen molar-refractivity contribution in [1.29, 1.82) is 0 Å². The molecule has 1 rings (SSSR count). The number of hydrogen-bond acceptors (Lipinski definition) is 4. The zero-order valence-corrected chi connectivity index (χ0v) is 9.95. The van der Waals surface area contributed by atoms with Crippen LogP contribution in [-0.2, 0) is 0 Å². The fraction of sp³-hybridized carbons (Fsp3) is 0.500. The number of hydrogen-bond donors (Lipinski definition) is 1. The second kappa shape index (κ2) is 6.67. The fourth-order valence-electron chi connectivity index (χ4n) is 1.10. The van der Waals surface area contributed by atoms with Crippen molar-refractivity contribution in [3.8, 4) is 17.7 Å². The zero-order chi connectivity index (χ0) is 11.8. The molecule has 86 valence electrons. The first kappa shape index (κ1) is 12.3. The van der Waals surface area contributed by atoms with Crippen LogP contribution < -0.4 is 10.1 Å². The van der Waals surface area contributed by atoms with Crippen molar-refractivity contribution in [3.05, 3.63) is 12.3 Å². The van der Waals surface area contributed by atoms with E-state index in [0.29, 0.717) is 11.8 Å². The Morgan fingerprint density at radius 2 is 2.31 bits per heavy atom. The first-order valence-corrected chi connectivity index (χ1v) is 5.35. The number of aromatic nitrogens is 2. The van der Waals surface area contributed by atoms with Crippen LogP contribution in [-0.4, -0.2) is 22.6 Å². The van der Waals surface area contributed by atoms with Gasteiger partial charge in [0, 0.05) is 25.2 Å². The van der Waals surface area contributed by atoms with E-state index in [1.54, 1.807) is 12.3 Å². The van der Waals surface area contributed by atoms with E-state index < -0.39 is 0 Å². The molecule has 0 atom stereocenters. The van der Waals surface area contributed by atoms with Crippen molar-refractivity contribution >= 4 is 5.95 Å². The molecule has 0 bridgehead atoms. The predicted octanol–water partition coefficient (Wildman–Crippen LogP) is 2.09. The largest absolute Gasteiger partial charge is 0.475 e. The second-order valence-corrected chi connectivity index (χ2v) is 3.49. The average Bonchev–Trinajstić information content (AvgIpc) is 2.24. The lowest BCUT2D eigenvalue weighted by atomic mass is 10.4. The minimum absolute atomic E-state index is 0.119. The van der Waals surface area contributed by atoms with E-state index in [1.165, 1.54) is 0 Å². The highest BCUT2D eigenvalue weighted by molar-refractivity contribution is 5.27. The van der Waals surface area contributed by atoms with E-state index in [9.17, 15) is 0 Å². The second-order valence-electron chi connectivity index (χ2n) is 3.49. The van der Waals surface area contributed by atoms with Gasteiger partial charge in [-0.2, -0.15) is 4.98 Å². The Hall–Kier alpha value is -1.76. The minimum atomic E-state index is 0.119. The van der Waals surface area contributed by atoms with Gasteiger partial charge in [0.05, 0.1) is 6.10 Å². The molecule has 1 N–H and O–H groups in total. The molecule has 0 aliphatic rings. The average molecular weight is 219 g/mol. The fourth-order valence-corrected chi connectivity index (χ4v) is 1.10. The molecule has 1 aromatic rings. The Morgan fingerprint density at radius 1 is 1.50 bits per heavy atom. The van der Waals surface area contributed by atoms with Gasteiger partial charge in [-0.1, -0.05) is 0 Å². The van der Waals surface area contributed by atoms with Crippen molar-refractivity contribution in [1.82, 2.24) is 9.97 Å². The maximum Gasteiger partial charge on any atom is 0.225 e. The highest BCUT2D eigenvalue weighted by Crippen LogP contribution is 2.09. The molecule has 0 fully saturated rings. The van der Waals surface area contributed by atoms with Crippen LogP contribution in [0.4, 0.5) is 5.95 Å². The predicted molar refractivity (Wildman–Crippen MR) is 64.4 cm³/mol. The smallest absolute Gasteiger partial charge is 0.225 e. The Balaban J connectivity index is 2.49. The van der Waals surface area contributed by atoms with Gasteiger partial charge in [-0.05, 0) is 20.8 Å². The van der Waals surface area contributed by atoms with Crippen LogP contribution >= 0.6 is 0 Å². The summed E-state index contributed by atoms with van der Waals surface area (Å²) in [5.41, 5.74) is 0. The van der Waals surface area contributed by atoms with Crippen molar-refractivity contribution in [2.45, 2.75) is 33.3 Å². The Morgan fingerprint density at radius 3 is 3.00 bits per heavy atom. The van der Waals surface area contributed by atoms with E-state index in [-0.39, 0.29) is 6.10 Å². The molecule has 0 aliphatic carbocycles. The molecule has 16 heavy (non-hydrogen) atoms. The first-order valence-electron chi connectivity index (χ1n) is 5.35. The third kappa shape index (κ3) is 4.65. The van der Waals surface area contributed by atoms with Crippen LogP contribution in [0.3, 0.4) is 0 Å². The summed E-state index contributed by atoms with van der Waals surface area (Å²) in [5.74, 6) is 6.97. The Bertz CT molecular complexity index is 379. The first-order chi connectivity index (χ1) is 7.72. The lowest BCUT2D eigenvalue weighted by Gasteiger charge is -2.09. The van der Waals surface area contributed by atoms with Gasteiger partial charge in [-0.15, -0.1) is 11.8 Å². The van der Waals surface area contributed by atoms with E-state index >= 15 is 0 Å². The van der Waals surface area contributed by atoms with Gasteiger partial charge in [0.1, 0.15) is 0 Å². The summed E-state index contributed by atoms with van der Waals surface area (Å²) in [6, 6.07) is 1.75. The van der Waals surface area contributed by atoms with Crippen LogP contribution in [0.15, 0.2) is 12.3 Å². The highest BCUT2D eigenvalue weighted by Gasteiger charge is 2.01. The quantitative estimate of drug-likeness (QED) is 0.608. The van der Waals surface area contributed by atoms with Gasteiger partial charge in [0.2, 0.25) is 11.8 Å². The number of nitrogens with zero attached hydrogens (tertiary/aromatic N) is 2. The van der Waals surface area contributed by atoms with Crippen LogP contribution in [0.1, 0.15) is 27.2 Å². The third-order valence-corrected chi connectivity index (χ3v) is 1.70. The Kier molecular flexibility index (Phi) is 5.13. The van der Waals surface area contributed by atoms with Gasteiger partial charge >= 0.3 is 0 Å². The van der Waals surface area contributed by atoms with Crippen molar-refractivity contribution in [3.63, 3.8) is 0 Å². The number of nitrogens with one attached hydrogen (secondary N) is 1. The topological polar surface area (TPSA) is 47.0 Å². The molecular formula is C12H17N3O. The van der Waals surface area contributed by atoms with Gasteiger partial charge in [-0.25, -0.2) is 4.98 Å². The molecule has 0 aliphatic heterocycles. The summed E-state index contributed by atoms with van der Waals surface area (Å²) in [4.78, 5) is 8.31.